The SMILES string of the molecule is O=C(CCC(=O)OCC(F)(F)C(F)F)OCc1c(F)c(F)c(F)c(F)c1F. The van der Waals surface area contributed by atoms with Gasteiger partial charge in [0.25, 0.3) is 0 Å². The molecule has 1 aromatic rings. The van der Waals surface area contributed by atoms with E-state index in [0.29, 0.717) is 0 Å². The fraction of sp³-hybridized carbons (Fsp3) is 0.429. The molecule has 0 spiro atoms. The van der Waals surface area contributed by atoms with Crippen molar-refractivity contribution in [1.82, 2.24) is 0 Å². The average Bonchev–Trinajstić information content (AvgIpc) is 2.61. The first-order valence-corrected chi connectivity index (χ1v) is 6.86. The number of alkyl halides is 4. The van der Waals surface area contributed by atoms with E-state index in [-0.39, 0.29) is 0 Å². The van der Waals surface area contributed by atoms with Crippen molar-refractivity contribution in [3.05, 3.63) is 34.6 Å². The summed E-state index contributed by atoms with van der Waals surface area (Å²) in [5.41, 5.74) is -1.45. The molecule has 0 heterocycles. The normalized spacial score (nSPS) is 11.6. The van der Waals surface area contributed by atoms with Crippen LogP contribution in [-0.2, 0) is 25.7 Å². The van der Waals surface area contributed by atoms with Crippen LogP contribution < -0.4 is 0 Å². The van der Waals surface area contributed by atoms with Crippen molar-refractivity contribution in [1.29, 1.82) is 0 Å². The van der Waals surface area contributed by atoms with E-state index in [4.69, 9.17) is 0 Å². The summed E-state index contributed by atoms with van der Waals surface area (Å²) in [4.78, 5) is 22.3. The number of hydrogen-bond donors (Lipinski definition) is 0. The highest BCUT2D eigenvalue weighted by molar-refractivity contribution is 5.77. The van der Waals surface area contributed by atoms with Gasteiger partial charge in [0.1, 0.15) is 6.61 Å². The van der Waals surface area contributed by atoms with Crippen LogP contribution in [0, 0.1) is 29.1 Å². The summed E-state index contributed by atoms with van der Waals surface area (Å²) in [5.74, 6) is -18.8. The molecule has 1 aromatic carbocycles. The van der Waals surface area contributed by atoms with Crippen LogP contribution in [0.3, 0.4) is 0 Å². The number of hydrogen-bond acceptors (Lipinski definition) is 4. The molecular formula is C14H9F9O4. The molecule has 152 valence electrons. The molecule has 0 aliphatic heterocycles. The number of benzene rings is 1. The zero-order chi connectivity index (χ0) is 20.9. The van der Waals surface area contributed by atoms with Crippen LogP contribution in [0.5, 0.6) is 0 Å². The third kappa shape index (κ3) is 5.76. The first-order chi connectivity index (χ1) is 12.4. The fourth-order valence-corrected chi connectivity index (χ4v) is 1.52. The molecule has 0 saturated heterocycles. The van der Waals surface area contributed by atoms with E-state index >= 15 is 0 Å². The first kappa shape index (κ1) is 22.6. The molecule has 27 heavy (non-hydrogen) atoms. The highest BCUT2D eigenvalue weighted by Gasteiger charge is 2.42. The molecule has 0 atom stereocenters. The number of esters is 2. The van der Waals surface area contributed by atoms with Crippen LogP contribution in [0.4, 0.5) is 39.5 Å². The van der Waals surface area contributed by atoms with Crippen molar-refractivity contribution in [3.8, 4) is 0 Å². The molecule has 0 aromatic heterocycles. The molecule has 0 unspecified atom stereocenters. The van der Waals surface area contributed by atoms with E-state index < -0.39 is 85.0 Å². The summed E-state index contributed by atoms with van der Waals surface area (Å²) in [6.45, 7) is -3.31. The maximum absolute atomic E-state index is 13.3. The molecule has 0 aliphatic rings. The molecule has 4 nitrogen and oxygen atoms in total. The summed E-state index contributed by atoms with van der Waals surface area (Å²) in [5, 5.41) is 0. The third-order valence-corrected chi connectivity index (χ3v) is 2.96. The van der Waals surface area contributed by atoms with Crippen LogP contribution >= 0.6 is 0 Å². The van der Waals surface area contributed by atoms with Gasteiger partial charge in [-0.2, -0.15) is 8.78 Å². The van der Waals surface area contributed by atoms with Gasteiger partial charge in [-0.25, -0.2) is 30.7 Å². The van der Waals surface area contributed by atoms with E-state index in [1.165, 1.54) is 0 Å². The summed E-state index contributed by atoms with van der Waals surface area (Å²) >= 11 is 0. The maximum Gasteiger partial charge on any atom is 0.340 e. The lowest BCUT2D eigenvalue weighted by molar-refractivity contribution is -0.180. The molecule has 0 N–H and O–H groups in total. The minimum absolute atomic E-state index is 0.894. The summed E-state index contributed by atoms with van der Waals surface area (Å²) in [6, 6.07) is 0. The lowest BCUT2D eigenvalue weighted by Gasteiger charge is -2.14. The quantitative estimate of drug-likeness (QED) is 0.283. The number of rotatable bonds is 8. The molecular weight excluding hydrogens is 403 g/mol. The van der Waals surface area contributed by atoms with Gasteiger partial charge in [0.2, 0.25) is 5.82 Å². The second kappa shape index (κ2) is 8.95. The number of carbonyl (C=O) groups excluding carboxylic acids is 2. The van der Waals surface area contributed by atoms with E-state index in [0.717, 1.165) is 0 Å². The fourth-order valence-electron chi connectivity index (χ4n) is 1.52. The van der Waals surface area contributed by atoms with E-state index in [2.05, 4.69) is 9.47 Å². The Morgan fingerprint density at radius 1 is 0.778 bits per heavy atom. The number of carbonyl (C=O) groups is 2. The zero-order valence-electron chi connectivity index (χ0n) is 12.9. The Bertz CT molecular complexity index is 692. The van der Waals surface area contributed by atoms with E-state index in [1.807, 2.05) is 0 Å². The third-order valence-electron chi connectivity index (χ3n) is 2.96. The van der Waals surface area contributed by atoms with Crippen molar-refractivity contribution < 1.29 is 58.6 Å². The highest BCUT2D eigenvalue weighted by Crippen LogP contribution is 2.24. The van der Waals surface area contributed by atoms with Crippen LogP contribution in [0.25, 0.3) is 0 Å². The largest absolute Gasteiger partial charge is 0.461 e. The van der Waals surface area contributed by atoms with Gasteiger partial charge in [-0.1, -0.05) is 0 Å². The van der Waals surface area contributed by atoms with E-state index in [9.17, 15) is 49.1 Å². The molecule has 0 bridgehead atoms. The average molecular weight is 412 g/mol. The minimum atomic E-state index is -4.60. The predicted molar refractivity (Wildman–Crippen MR) is 67.2 cm³/mol. The van der Waals surface area contributed by atoms with Gasteiger partial charge in [-0.15, -0.1) is 0 Å². The van der Waals surface area contributed by atoms with Gasteiger partial charge in [-0.05, 0) is 0 Å². The topological polar surface area (TPSA) is 52.6 Å². The second-order valence-electron chi connectivity index (χ2n) is 4.93. The molecule has 0 fully saturated rings. The highest BCUT2D eigenvalue weighted by atomic mass is 19.3. The maximum atomic E-state index is 13.3. The first-order valence-electron chi connectivity index (χ1n) is 6.86. The summed E-state index contributed by atoms with van der Waals surface area (Å²) in [6.07, 6.45) is -5.90. The monoisotopic (exact) mass is 412 g/mol. The predicted octanol–water partition coefficient (Wildman–Crippen LogP) is 3.65. The van der Waals surface area contributed by atoms with Crippen molar-refractivity contribution in [3.63, 3.8) is 0 Å². The van der Waals surface area contributed by atoms with E-state index in [1.54, 1.807) is 0 Å². The smallest absolute Gasteiger partial charge is 0.340 e. The van der Waals surface area contributed by atoms with Gasteiger partial charge >= 0.3 is 24.3 Å². The Labute approximate surface area is 144 Å². The molecule has 0 radical (unpaired) electrons. The van der Waals surface area contributed by atoms with Gasteiger partial charge in [-0.3, -0.25) is 9.59 Å². The molecule has 0 aliphatic carbocycles. The molecule has 0 amide bonds. The van der Waals surface area contributed by atoms with Crippen LogP contribution in [0.15, 0.2) is 0 Å². The van der Waals surface area contributed by atoms with Gasteiger partial charge in [0.15, 0.2) is 29.9 Å². The molecule has 0 saturated carbocycles. The Morgan fingerprint density at radius 2 is 1.19 bits per heavy atom. The van der Waals surface area contributed by atoms with Crippen LogP contribution in [0.2, 0.25) is 0 Å². The Morgan fingerprint density at radius 3 is 1.63 bits per heavy atom. The second-order valence-corrected chi connectivity index (χ2v) is 4.93. The lowest BCUT2D eigenvalue weighted by Crippen LogP contribution is -2.33. The van der Waals surface area contributed by atoms with Crippen molar-refractivity contribution in [2.45, 2.75) is 31.8 Å². The molecule has 1 rings (SSSR count). The van der Waals surface area contributed by atoms with Crippen molar-refractivity contribution in [2.24, 2.45) is 0 Å². The Hall–Kier alpha value is -2.47. The number of ether oxygens (including phenoxy) is 2. The Kier molecular flexibility index (Phi) is 7.48. The Balaban J connectivity index is 2.55. The summed E-state index contributed by atoms with van der Waals surface area (Å²) < 4.78 is 122. The number of halogens is 9. The summed E-state index contributed by atoms with van der Waals surface area (Å²) in [7, 11) is 0. The van der Waals surface area contributed by atoms with Crippen molar-refractivity contribution >= 4 is 11.9 Å². The zero-order valence-corrected chi connectivity index (χ0v) is 12.9. The molecule has 13 heteroatoms. The lowest BCUT2D eigenvalue weighted by atomic mass is 10.2. The van der Waals surface area contributed by atoms with Crippen LogP contribution in [-0.4, -0.2) is 30.9 Å². The van der Waals surface area contributed by atoms with Gasteiger partial charge < -0.3 is 9.47 Å². The van der Waals surface area contributed by atoms with Gasteiger partial charge in [0.05, 0.1) is 18.4 Å². The van der Waals surface area contributed by atoms with Crippen molar-refractivity contribution in [2.75, 3.05) is 6.61 Å². The standard InChI is InChI=1S/C14H9F9O4/c15-8-5(9(16)11(18)12(19)10(8)17)3-26-6(24)1-2-7(25)27-4-14(22,23)13(20)21/h13H,1-4H2. The van der Waals surface area contributed by atoms with Gasteiger partial charge in [0, 0.05) is 0 Å². The minimum Gasteiger partial charge on any atom is -0.461 e. The van der Waals surface area contributed by atoms with Crippen LogP contribution in [0.1, 0.15) is 18.4 Å².